The molecule has 3 heterocycles. The molecule has 7 aromatic carbocycles. The lowest BCUT2D eigenvalue weighted by molar-refractivity contribution is 0.620. The average molecular weight is 668 g/mol. The van der Waals surface area contributed by atoms with Gasteiger partial charge in [0, 0.05) is 21.9 Å². The summed E-state index contributed by atoms with van der Waals surface area (Å²) in [5.74, 6) is 2.13. The molecule has 0 aliphatic heterocycles. The topological polar surface area (TPSA) is 69.6 Å². The van der Waals surface area contributed by atoms with E-state index >= 15 is 0 Å². The van der Waals surface area contributed by atoms with Gasteiger partial charge in [-0.2, -0.15) is 9.97 Å². The third-order valence-corrected chi connectivity index (χ3v) is 9.53. The Balaban J connectivity index is 1.20. The minimum Gasteiger partial charge on any atom is -0.435 e. The molecule has 0 unspecified atom stereocenters. The van der Waals surface area contributed by atoms with E-state index < -0.39 is 0 Å². The standard InChI is InChI=1S/C46H29N5O/c1-4-13-30(14-5-1)32-23-25-33(26-24-32)43-48-44(37-20-12-21-39-42(37)52-45(47-39)34-17-8-3-9-18-34)50-46(49-43)51-40-22-11-10-19-36(40)38-29-35(27-28-41(38)51)31-15-6-2-7-16-31/h1-29H. The summed E-state index contributed by atoms with van der Waals surface area (Å²) in [5.41, 5.74) is 10.5. The number of benzene rings is 7. The maximum atomic E-state index is 6.46. The molecule has 10 rings (SSSR count). The highest BCUT2D eigenvalue weighted by Crippen LogP contribution is 2.36. The first kappa shape index (κ1) is 29.7. The van der Waals surface area contributed by atoms with Crippen LogP contribution in [0.25, 0.3) is 95.3 Å². The summed E-state index contributed by atoms with van der Waals surface area (Å²) in [4.78, 5) is 20.3. The van der Waals surface area contributed by atoms with Crippen molar-refractivity contribution in [3.05, 3.63) is 176 Å². The maximum absolute atomic E-state index is 6.46. The molecular formula is C46H29N5O. The van der Waals surface area contributed by atoms with Crippen LogP contribution in [0.1, 0.15) is 0 Å². The third-order valence-electron chi connectivity index (χ3n) is 9.53. The first-order chi connectivity index (χ1) is 25.8. The lowest BCUT2D eigenvalue weighted by Gasteiger charge is -2.11. The van der Waals surface area contributed by atoms with E-state index in [1.165, 1.54) is 5.56 Å². The number of oxazole rings is 1. The van der Waals surface area contributed by atoms with E-state index in [0.717, 1.165) is 60.7 Å². The fourth-order valence-corrected chi connectivity index (χ4v) is 6.98. The Kier molecular flexibility index (Phi) is 7.03. The van der Waals surface area contributed by atoms with Gasteiger partial charge in [0.1, 0.15) is 5.52 Å². The van der Waals surface area contributed by atoms with Crippen molar-refractivity contribution in [2.75, 3.05) is 0 Å². The molecule has 0 bridgehead atoms. The van der Waals surface area contributed by atoms with Gasteiger partial charge >= 0.3 is 0 Å². The van der Waals surface area contributed by atoms with Crippen molar-refractivity contribution < 1.29 is 4.42 Å². The van der Waals surface area contributed by atoms with E-state index in [2.05, 4.69) is 120 Å². The summed E-state index contributed by atoms with van der Waals surface area (Å²) in [6.45, 7) is 0. The first-order valence-corrected chi connectivity index (χ1v) is 17.2. The normalized spacial score (nSPS) is 11.5. The molecule has 0 saturated carbocycles. The molecular weight excluding hydrogens is 639 g/mol. The second kappa shape index (κ2) is 12.3. The van der Waals surface area contributed by atoms with Crippen LogP contribution in [0.15, 0.2) is 180 Å². The molecule has 0 atom stereocenters. The van der Waals surface area contributed by atoms with Gasteiger partial charge < -0.3 is 4.42 Å². The van der Waals surface area contributed by atoms with Gasteiger partial charge in [0.05, 0.1) is 16.6 Å². The number of nitrogens with zero attached hydrogens (tertiary/aromatic N) is 5. The Hall–Kier alpha value is -7.18. The van der Waals surface area contributed by atoms with E-state index in [0.29, 0.717) is 29.1 Å². The summed E-state index contributed by atoms with van der Waals surface area (Å²) in [5, 5.41) is 2.24. The summed E-state index contributed by atoms with van der Waals surface area (Å²) < 4.78 is 8.60. The number of rotatable bonds is 6. The molecule has 0 amide bonds. The Morgan fingerprint density at radius 3 is 1.71 bits per heavy atom. The number of hydrogen-bond donors (Lipinski definition) is 0. The molecule has 0 aliphatic carbocycles. The van der Waals surface area contributed by atoms with Crippen LogP contribution >= 0.6 is 0 Å². The maximum Gasteiger partial charge on any atom is 0.238 e. The zero-order chi connectivity index (χ0) is 34.4. The van der Waals surface area contributed by atoms with E-state index in [1.54, 1.807) is 0 Å². The highest BCUT2D eigenvalue weighted by molar-refractivity contribution is 6.10. The lowest BCUT2D eigenvalue weighted by Crippen LogP contribution is -2.06. The number of aromatic nitrogens is 5. The van der Waals surface area contributed by atoms with Gasteiger partial charge in [0.2, 0.25) is 11.8 Å². The van der Waals surface area contributed by atoms with E-state index in [4.69, 9.17) is 24.4 Å². The zero-order valence-electron chi connectivity index (χ0n) is 27.9. The summed E-state index contributed by atoms with van der Waals surface area (Å²) in [7, 11) is 0. The van der Waals surface area contributed by atoms with Gasteiger partial charge in [-0.1, -0.05) is 133 Å². The molecule has 0 fully saturated rings. The van der Waals surface area contributed by atoms with Crippen molar-refractivity contribution in [3.63, 3.8) is 0 Å². The van der Waals surface area contributed by atoms with Gasteiger partial charge in [0.25, 0.3) is 0 Å². The number of hydrogen-bond acceptors (Lipinski definition) is 5. The van der Waals surface area contributed by atoms with Gasteiger partial charge in [-0.15, -0.1) is 0 Å². The van der Waals surface area contributed by atoms with E-state index in [1.807, 2.05) is 60.7 Å². The average Bonchev–Trinajstić information content (AvgIpc) is 3.81. The summed E-state index contributed by atoms with van der Waals surface area (Å²) >= 11 is 0. The molecule has 244 valence electrons. The fraction of sp³-hybridized carbons (Fsp3) is 0. The minimum absolute atomic E-state index is 0.500. The minimum atomic E-state index is 0.500. The molecule has 0 saturated heterocycles. The Morgan fingerprint density at radius 2 is 0.962 bits per heavy atom. The Labute approximate surface area is 299 Å². The fourth-order valence-electron chi connectivity index (χ4n) is 6.98. The largest absolute Gasteiger partial charge is 0.435 e. The predicted molar refractivity (Wildman–Crippen MR) is 209 cm³/mol. The van der Waals surface area contributed by atoms with Crippen molar-refractivity contribution in [3.8, 4) is 62.4 Å². The van der Waals surface area contributed by atoms with Crippen molar-refractivity contribution >= 4 is 32.9 Å². The molecule has 3 aromatic heterocycles. The van der Waals surface area contributed by atoms with Crippen LogP contribution in [0, 0.1) is 0 Å². The number of para-hydroxylation sites is 2. The molecule has 6 nitrogen and oxygen atoms in total. The van der Waals surface area contributed by atoms with Gasteiger partial charge in [-0.05, 0) is 64.7 Å². The van der Waals surface area contributed by atoms with Crippen molar-refractivity contribution in [2.24, 2.45) is 0 Å². The summed E-state index contributed by atoms with van der Waals surface area (Å²) in [6, 6.07) is 60.0. The first-order valence-electron chi connectivity index (χ1n) is 17.2. The quantitative estimate of drug-likeness (QED) is 0.176. The second-order valence-corrected chi connectivity index (χ2v) is 12.7. The van der Waals surface area contributed by atoms with Gasteiger partial charge in [0.15, 0.2) is 17.2 Å². The lowest BCUT2D eigenvalue weighted by atomic mass is 10.0. The van der Waals surface area contributed by atoms with Crippen LogP contribution in [-0.4, -0.2) is 24.5 Å². The molecule has 6 heteroatoms. The molecule has 10 aromatic rings. The molecule has 0 N–H and O–H groups in total. The van der Waals surface area contributed by atoms with Crippen molar-refractivity contribution in [1.29, 1.82) is 0 Å². The molecule has 0 spiro atoms. The Morgan fingerprint density at radius 1 is 0.385 bits per heavy atom. The van der Waals surface area contributed by atoms with E-state index in [-0.39, 0.29) is 0 Å². The van der Waals surface area contributed by atoms with Crippen LogP contribution < -0.4 is 0 Å². The molecule has 52 heavy (non-hydrogen) atoms. The summed E-state index contributed by atoms with van der Waals surface area (Å²) in [6.07, 6.45) is 0. The van der Waals surface area contributed by atoms with Crippen molar-refractivity contribution in [1.82, 2.24) is 24.5 Å². The van der Waals surface area contributed by atoms with Crippen LogP contribution in [0.4, 0.5) is 0 Å². The molecule has 0 aliphatic rings. The monoisotopic (exact) mass is 667 g/mol. The number of fused-ring (bicyclic) bond motifs is 4. The Bertz CT molecular complexity index is 2880. The van der Waals surface area contributed by atoms with Gasteiger partial charge in [-0.3, -0.25) is 4.57 Å². The van der Waals surface area contributed by atoms with Crippen LogP contribution in [0.3, 0.4) is 0 Å². The van der Waals surface area contributed by atoms with E-state index in [9.17, 15) is 0 Å². The molecule has 0 radical (unpaired) electrons. The second-order valence-electron chi connectivity index (χ2n) is 12.7. The van der Waals surface area contributed by atoms with Crippen LogP contribution in [-0.2, 0) is 0 Å². The smallest absolute Gasteiger partial charge is 0.238 e. The SMILES string of the molecule is c1ccc(-c2ccc(-c3nc(-c4cccc5nc(-c6ccccc6)oc45)nc(-n4c5ccccc5c5cc(-c6ccccc6)ccc54)n3)cc2)cc1. The van der Waals surface area contributed by atoms with Crippen LogP contribution in [0.2, 0.25) is 0 Å². The predicted octanol–water partition coefficient (Wildman–Crippen LogP) is 11.4. The van der Waals surface area contributed by atoms with Crippen molar-refractivity contribution in [2.45, 2.75) is 0 Å². The van der Waals surface area contributed by atoms with Crippen LogP contribution in [0.5, 0.6) is 0 Å². The highest BCUT2D eigenvalue weighted by Gasteiger charge is 2.21. The highest BCUT2D eigenvalue weighted by atomic mass is 16.3. The zero-order valence-corrected chi connectivity index (χ0v) is 27.9. The third kappa shape index (κ3) is 5.13. The van der Waals surface area contributed by atoms with Gasteiger partial charge in [-0.25, -0.2) is 9.97 Å².